The van der Waals surface area contributed by atoms with Gasteiger partial charge >= 0.3 is 0 Å². The summed E-state index contributed by atoms with van der Waals surface area (Å²) in [5, 5.41) is 13.4. The maximum absolute atomic E-state index is 4.25. The van der Waals surface area contributed by atoms with Crippen LogP contribution in [0.3, 0.4) is 0 Å². The van der Waals surface area contributed by atoms with E-state index in [1.165, 1.54) is 12.8 Å². The second-order valence-electron chi connectivity index (χ2n) is 5.89. The van der Waals surface area contributed by atoms with Gasteiger partial charge < -0.3 is 5.32 Å². The first-order valence-electron chi connectivity index (χ1n) is 7.23. The van der Waals surface area contributed by atoms with Crippen molar-refractivity contribution in [3.05, 3.63) is 5.01 Å². The van der Waals surface area contributed by atoms with Gasteiger partial charge in [-0.1, -0.05) is 39.0 Å². The van der Waals surface area contributed by atoms with Gasteiger partial charge in [-0.3, -0.25) is 4.90 Å². The molecule has 0 aromatic carbocycles. The monoisotopic (exact) mass is 284 g/mol. The average molecular weight is 284 g/mol. The van der Waals surface area contributed by atoms with Crippen LogP contribution in [-0.4, -0.2) is 35.2 Å². The van der Waals surface area contributed by atoms with Gasteiger partial charge in [0.15, 0.2) is 0 Å². The zero-order valence-corrected chi connectivity index (χ0v) is 13.8. The third-order valence-electron chi connectivity index (χ3n) is 3.08. The Balaban J connectivity index is 2.51. The van der Waals surface area contributed by atoms with Crippen molar-refractivity contribution in [2.75, 3.05) is 25.5 Å². The van der Waals surface area contributed by atoms with Gasteiger partial charge in [0, 0.05) is 7.05 Å². The molecular weight excluding hydrogens is 256 g/mol. The predicted molar refractivity (Wildman–Crippen MR) is 83.6 cm³/mol. The number of rotatable bonds is 9. The van der Waals surface area contributed by atoms with E-state index < -0.39 is 0 Å². The topological polar surface area (TPSA) is 41.1 Å². The summed E-state index contributed by atoms with van der Waals surface area (Å²) in [6.07, 6.45) is 2.49. The first kappa shape index (κ1) is 16.4. The van der Waals surface area contributed by atoms with Gasteiger partial charge in [0.1, 0.15) is 5.01 Å². The van der Waals surface area contributed by atoms with Gasteiger partial charge in [0.05, 0.1) is 6.54 Å². The molecule has 0 atom stereocenters. The predicted octanol–water partition coefficient (Wildman–Crippen LogP) is 3.47. The molecule has 0 saturated carbocycles. The third kappa shape index (κ3) is 6.87. The fourth-order valence-corrected chi connectivity index (χ4v) is 2.50. The molecule has 0 saturated heterocycles. The highest BCUT2D eigenvalue weighted by Gasteiger charge is 2.11. The SMILES string of the molecule is CNc1nnc(CN(CCC(C)C)CCC(C)C)s1. The van der Waals surface area contributed by atoms with Crippen molar-refractivity contribution in [1.29, 1.82) is 0 Å². The number of nitrogens with one attached hydrogen (secondary N) is 1. The highest BCUT2D eigenvalue weighted by atomic mass is 32.1. The Hall–Kier alpha value is -0.680. The fraction of sp³-hybridized carbons (Fsp3) is 0.857. The number of anilines is 1. The molecule has 4 nitrogen and oxygen atoms in total. The summed E-state index contributed by atoms with van der Waals surface area (Å²) in [6.45, 7) is 12.4. The van der Waals surface area contributed by atoms with E-state index in [4.69, 9.17) is 0 Å². The Morgan fingerprint density at radius 1 is 1.05 bits per heavy atom. The van der Waals surface area contributed by atoms with Gasteiger partial charge in [-0.15, -0.1) is 10.2 Å². The van der Waals surface area contributed by atoms with Gasteiger partial charge in [0.2, 0.25) is 5.13 Å². The van der Waals surface area contributed by atoms with Crippen LogP contribution in [0.25, 0.3) is 0 Å². The van der Waals surface area contributed by atoms with E-state index in [1.54, 1.807) is 11.3 Å². The van der Waals surface area contributed by atoms with Crippen molar-refractivity contribution in [3.63, 3.8) is 0 Å². The smallest absolute Gasteiger partial charge is 0.205 e. The summed E-state index contributed by atoms with van der Waals surface area (Å²) >= 11 is 1.65. The van der Waals surface area contributed by atoms with E-state index in [2.05, 4.69) is 48.1 Å². The van der Waals surface area contributed by atoms with Crippen LogP contribution in [0.5, 0.6) is 0 Å². The molecule has 0 unspecified atom stereocenters. The normalized spacial score (nSPS) is 11.8. The molecule has 1 aromatic heterocycles. The standard InChI is InChI=1S/C14H28N4S/c1-11(2)6-8-18(9-7-12(3)4)10-13-16-17-14(15-5)19-13/h11-12H,6-10H2,1-5H3,(H,15,17). The van der Waals surface area contributed by atoms with Crippen molar-refractivity contribution in [1.82, 2.24) is 15.1 Å². The molecule has 0 aliphatic rings. The highest BCUT2D eigenvalue weighted by Crippen LogP contribution is 2.17. The molecule has 0 aliphatic heterocycles. The van der Waals surface area contributed by atoms with Crippen LogP contribution in [0.15, 0.2) is 0 Å². The molecular formula is C14H28N4S. The summed E-state index contributed by atoms with van der Waals surface area (Å²) in [5.41, 5.74) is 0. The van der Waals surface area contributed by atoms with Gasteiger partial charge in [-0.05, 0) is 37.8 Å². The molecule has 0 aliphatic carbocycles. The minimum absolute atomic E-state index is 0.754. The lowest BCUT2D eigenvalue weighted by atomic mass is 10.1. The fourth-order valence-electron chi connectivity index (χ4n) is 1.76. The van der Waals surface area contributed by atoms with Crippen LogP contribution in [0.1, 0.15) is 45.5 Å². The average Bonchev–Trinajstić information content (AvgIpc) is 2.80. The van der Waals surface area contributed by atoms with Crippen LogP contribution >= 0.6 is 11.3 Å². The van der Waals surface area contributed by atoms with Crippen molar-refractivity contribution in [3.8, 4) is 0 Å². The molecule has 0 spiro atoms. The third-order valence-corrected chi connectivity index (χ3v) is 4.01. The highest BCUT2D eigenvalue weighted by molar-refractivity contribution is 7.15. The Kier molecular flexibility index (Phi) is 7.31. The summed E-state index contributed by atoms with van der Waals surface area (Å²) in [6, 6.07) is 0. The maximum atomic E-state index is 4.25. The number of aromatic nitrogens is 2. The lowest BCUT2D eigenvalue weighted by Gasteiger charge is -2.22. The van der Waals surface area contributed by atoms with E-state index in [0.29, 0.717) is 0 Å². The minimum Gasteiger partial charge on any atom is -0.363 e. The second-order valence-corrected chi connectivity index (χ2v) is 6.95. The molecule has 0 radical (unpaired) electrons. The van der Waals surface area contributed by atoms with Crippen LogP contribution in [0, 0.1) is 11.8 Å². The minimum atomic E-state index is 0.754. The quantitative estimate of drug-likeness (QED) is 0.754. The summed E-state index contributed by atoms with van der Waals surface area (Å²) in [5.74, 6) is 1.51. The van der Waals surface area contributed by atoms with Crippen LogP contribution < -0.4 is 5.32 Å². The van der Waals surface area contributed by atoms with Crippen molar-refractivity contribution < 1.29 is 0 Å². The number of nitrogens with zero attached hydrogens (tertiary/aromatic N) is 3. The molecule has 0 fully saturated rings. The molecule has 1 aromatic rings. The van der Waals surface area contributed by atoms with Crippen molar-refractivity contribution in [2.45, 2.75) is 47.1 Å². The molecule has 1 N–H and O–H groups in total. The van der Waals surface area contributed by atoms with Crippen LogP contribution in [-0.2, 0) is 6.54 Å². The molecule has 0 amide bonds. The largest absolute Gasteiger partial charge is 0.363 e. The van der Waals surface area contributed by atoms with Crippen LogP contribution in [0.4, 0.5) is 5.13 Å². The Bertz CT molecular complexity index is 337. The lowest BCUT2D eigenvalue weighted by Crippen LogP contribution is -2.27. The molecule has 110 valence electrons. The van der Waals surface area contributed by atoms with Crippen molar-refractivity contribution in [2.24, 2.45) is 11.8 Å². The van der Waals surface area contributed by atoms with E-state index in [9.17, 15) is 0 Å². The zero-order valence-electron chi connectivity index (χ0n) is 12.9. The Morgan fingerprint density at radius 2 is 1.63 bits per heavy atom. The first-order chi connectivity index (χ1) is 9.01. The van der Waals surface area contributed by atoms with Gasteiger partial charge in [-0.2, -0.15) is 0 Å². The summed E-state index contributed by atoms with van der Waals surface area (Å²) < 4.78 is 0. The summed E-state index contributed by atoms with van der Waals surface area (Å²) in [7, 11) is 1.89. The van der Waals surface area contributed by atoms with E-state index in [0.717, 1.165) is 41.6 Å². The van der Waals surface area contributed by atoms with Gasteiger partial charge in [0.25, 0.3) is 0 Å². The first-order valence-corrected chi connectivity index (χ1v) is 8.05. The molecule has 1 heterocycles. The van der Waals surface area contributed by atoms with E-state index >= 15 is 0 Å². The second kappa shape index (κ2) is 8.48. The maximum Gasteiger partial charge on any atom is 0.205 e. The molecule has 5 heteroatoms. The van der Waals surface area contributed by atoms with E-state index in [-0.39, 0.29) is 0 Å². The Labute approximate surface area is 121 Å². The van der Waals surface area contributed by atoms with Crippen molar-refractivity contribution >= 4 is 16.5 Å². The molecule has 1 rings (SSSR count). The number of hydrogen-bond acceptors (Lipinski definition) is 5. The lowest BCUT2D eigenvalue weighted by molar-refractivity contribution is 0.235. The number of hydrogen-bond donors (Lipinski definition) is 1. The van der Waals surface area contributed by atoms with Crippen LogP contribution in [0.2, 0.25) is 0 Å². The molecule has 19 heavy (non-hydrogen) atoms. The Morgan fingerprint density at radius 3 is 2.05 bits per heavy atom. The van der Waals surface area contributed by atoms with Gasteiger partial charge in [-0.25, -0.2) is 0 Å². The molecule has 0 bridgehead atoms. The van der Waals surface area contributed by atoms with E-state index in [1.807, 2.05) is 7.05 Å². The summed E-state index contributed by atoms with van der Waals surface area (Å²) in [4.78, 5) is 2.51. The zero-order chi connectivity index (χ0) is 14.3.